The van der Waals surface area contributed by atoms with E-state index in [-0.39, 0.29) is 0 Å². The maximum absolute atomic E-state index is 9.12. The molecule has 0 radical (unpaired) electrons. The van der Waals surface area contributed by atoms with E-state index in [4.69, 9.17) is 13.9 Å². The van der Waals surface area contributed by atoms with Crippen molar-refractivity contribution in [3.63, 3.8) is 0 Å². The Morgan fingerprint density at radius 2 is 1.64 bits per heavy atom. The highest BCUT2D eigenvalue weighted by Gasteiger charge is 2.04. The molecule has 0 aliphatic carbocycles. The predicted octanol–water partition coefficient (Wildman–Crippen LogP) is 4.11. The van der Waals surface area contributed by atoms with E-state index in [1.807, 2.05) is 25.1 Å². The zero-order valence-corrected chi connectivity index (χ0v) is 14.5. The molecule has 0 aliphatic rings. The smallest absolute Gasteiger partial charge is 0.328 e. The molecule has 0 unspecified atom stereocenters. The normalized spacial score (nSPS) is 10.8. The fraction of sp³-hybridized carbons (Fsp3) is 0.600. The number of hydrogen-bond acceptors (Lipinski definition) is 5. The minimum Gasteiger partial charge on any atom is -0.328 e. The molecule has 0 saturated carbocycles. The number of benzene rings is 1. The summed E-state index contributed by atoms with van der Waals surface area (Å²) in [4.78, 5) is 9.12. The summed E-state index contributed by atoms with van der Waals surface area (Å²) in [5, 5.41) is 10.4. The number of aromatic amines is 1. The number of aryl methyl sites for hydroxylation is 1. The molecule has 0 fully saturated rings. The maximum atomic E-state index is 9.12. The van der Waals surface area contributed by atoms with Gasteiger partial charge in [0.1, 0.15) is 11.0 Å². The van der Waals surface area contributed by atoms with E-state index in [9.17, 15) is 0 Å². The highest BCUT2D eigenvalue weighted by molar-refractivity contribution is 7.40. The maximum Gasteiger partial charge on any atom is 0.329 e. The first-order chi connectivity index (χ1) is 10.7. The Kier molecular flexibility index (Phi) is 9.91. The van der Waals surface area contributed by atoms with Gasteiger partial charge in [0.05, 0.1) is 13.2 Å². The molecule has 1 heterocycles. The molecule has 1 aromatic heterocycles. The molecule has 124 valence electrons. The van der Waals surface area contributed by atoms with Crippen LogP contribution in [0.2, 0.25) is 0 Å². The van der Waals surface area contributed by atoms with Gasteiger partial charge in [0.25, 0.3) is 0 Å². The molecule has 0 aliphatic heterocycles. The second-order valence-electron chi connectivity index (χ2n) is 4.93. The Morgan fingerprint density at radius 3 is 2.23 bits per heavy atom. The standard InChI is InChI=1S/C8H19O3P.C7H7N3/c1-3-5-7-10-12(9)11-8-6-4-2;1-5-2-3-6-7(4-5)9-10-8-6/h9H,3-8H2,1-2H3;2-4H,1H3,(H,8,9,10). The average Bonchev–Trinajstić information content (AvgIpc) is 2.96. The molecule has 0 amide bonds. The van der Waals surface area contributed by atoms with Crippen LogP contribution >= 0.6 is 8.60 Å². The lowest BCUT2D eigenvalue weighted by molar-refractivity contribution is 0.196. The molecule has 2 rings (SSSR count). The van der Waals surface area contributed by atoms with Crippen LogP contribution in [-0.4, -0.2) is 33.5 Å². The molecule has 0 saturated heterocycles. The molecular weight excluding hydrogens is 301 g/mol. The lowest BCUT2D eigenvalue weighted by atomic mass is 10.2. The van der Waals surface area contributed by atoms with E-state index in [0.717, 1.165) is 36.7 Å². The second kappa shape index (κ2) is 11.5. The second-order valence-corrected chi connectivity index (χ2v) is 5.92. The number of hydrogen-bond donors (Lipinski definition) is 2. The monoisotopic (exact) mass is 327 g/mol. The summed E-state index contributed by atoms with van der Waals surface area (Å²) in [6.07, 6.45) is 4.13. The topological polar surface area (TPSA) is 80.3 Å². The van der Waals surface area contributed by atoms with Crippen LogP contribution in [0.1, 0.15) is 45.1 Å². The highest BCUT2D eigenvalue weighted by Crippen LogP contribution is 2.32. The van der Waals surface area contributed by atoms with E-state index in [2.05, 4.69) is 29.3 Å². The molecule has 22 heavy (non-hydrogen) atoms. The number of rotatable bonds is 8. The molecule has 0 atom stereocenters. The van der Waals surface area contributed by atoms with E-state index in [0.29, 0.717) is 13.2 Å². The molecule has 7 heteroatoms. The van der Waals surface area contributed by atoms with Crippen LogP contribution in [0.5, 0.6) is 0 Å². The number of nitrogens with zero attached hydrogens (tertiary/aromatic N) is 2. The minimum absolute atomic E-state index is 0.602. The van der Waals surface area contributed by atoms with Crippen LogP contribution in [-0.2, 0) is 9.05 Å². The first kappa shape index (κ1) is 19.0. The van der Waals surface area contributed by atoms with Gasteiger partial charge in [-0.05, 0) is 37.5 Å². The fourth-order valence-electron chi connectivity index (χ4n) is 1.56. The number of fused-ring (bicyclic) bond motifs is 1. The lowest BCUT2D eigenvalue weighted by Gasteiger charge is -2.09. The predicted molar refractivity (Wildman–Crippen MR) is 89.5 cm³/mol. The van der Waals surface area contributed by atoms with Crippen LogP contribution in [0.25, 0.3) is 11.0 Å². The Morgan fingerprint density at radius 1 is 1.05 bits per heavy atom. The molecule has 0 spiro atoms. The van der Waals surface area contributed by atoms with Crippen molar-refractivity contribution in [2.45, 2.75) is 46.5 Å². The molecule has 1 aromatic carbocycles. The lowest BCUT2D eigenvalue weighted by Crippen LogP contribution is -1.94. The summed E-state index contributed by atoms with van der Waals surface area (Å²) >= 11 is 0. The van der Waals surface area contributed by atoms with Crippen molar-refractivity contribution in [1.82, 2.24) is 15.4 Å². The van der Waals surface area contributed by atoms with Gasteiger partial charge in [-0.1, -0.05) is 32.8 Å². The summed E-state index contributed by atoms with van der Waals surface area (Å²) in [5.41, 5.74) is 3.06. The van der Waals surface area contributed by atoms with E-state index < -0.39 is 8.60 Å². The Bertz CT molecular complexity index is 511. The van der Waals surface area contributed by atoms with Crippen LogP contribution < -0.4 is 0 Å². The van der Waals surface area contributed by atoms with Crippen LogP contribution in [0.4, 0.5) is 0 Å². The fourth-order valence-corrected chi connectivity index (χ4v) is 2.21. The Hall–Kier alpha value is -1.07. The third kappa shape index (κ3) is 7.80. The van der Waals surface area contributed by atoms with Crippen LogP contribution in [0, 0.1) is 6.92 Å². The number of unbranched alkanes of at least 4 members (excludes halogenated alkanes) is 2. The van der Waals surface area contributed by atoms with Gasteiger partial charge in [-0.2, -0.15) is 15.4 Å². The van der Waals surface area contributed by atoms with E-state index in [1.54, 1.807) is 0 Å². The van der Waals surface area contributed by atoms with Crippen molar-refractivity contribution in [2.75, 3.05) is 13.2 Å². The van der Waals surface area contributed by atoms with Crippen molar-refractivity contribution in [3.8, 4) is 0 Å². The zero-order chi connectivity index (χ0) is 16.2. The summed E-state index contributed by atoms with van der Waals surface area (Å²) in [6, 6.07) is 5.97. The first-order valence-corrected chi connectivity index (χ1v) is 8.82. The van der Waals surface area contributed by atoms with Crippen molar-refractivity contribution in [2.24, 2.45) is 0 Å². The number of nitrogens with one attached hydrogen (secondary N) is 1. The zero-order valence-electron chi connectivity index (χ0n) is 13.6. The Labute approximate surface area is 133 Å². The third-order valence-electron chi connectivity index (χ3n) is 2.87. The first-order valence-electron chi connectivity index (χ1n) is 7.69. The van der Waals surface area contributed by atoms with Crippen molar-refractivity contribution < 1.29 is 13.9 Å². The largest absolute Gasteiger partial charge is 0.329 e. The number of aromatic nitrogens is 3. The minimum atomic E-state index is -1.60. The van der Waals surface area contributed by atoms with Crippen LogP contribution in [0.15, 0.2) is 18.2 Å². The van der Waals surface area contributed by atoms with Crippen molar-refractivity contribution in [1.29, 1.82) is 0 Å². The molecule has 2 N–H and O–H groups in total. The van der Waals surface area contributed by atoms with Gasteiger partial charge in [-0.3, -0.25) is 0 Å². The molecule has 6 nitrogen and oxygen atoms in total. The summed E-state index contributed by atoms with van der Waals surface area (Å²) < 4.78 is 10.1. The molecule has 2 aromatic rings. The highest BCUT2D eigenvalue weighted by atomic mass is 31.2. The Balaban J connectivity index is 0.000000222. The van der Waals surface area contributed by atoms with Gasteiger partial charge in [-0.15, -0.1) is 0 Å². The summed E-state index contributed by atoms with van der Waals surface area (Å²) in [7, 11) is -1.60. The van der Waals surface area contributed by atoms with Gasteiger partial charge in [-0.25, -0.2) is 0 Å². The quantitative estimate of drug-likeness (QED) is 0.563. The van der Waals surface area contributed by atoms with Crippen molar-refractivity contribution >= 4 is 19.6 Å². The van der Waals surface area contributed by atoms with E-state index in [1.165, 1.54) is 5.56 Å². The average molecular weight is 327 g/mol. The van der Waals surface area contributed by atoms with E-state index >= 15 is 0 Å². The van der Waals surface area contributed by atoms with Gasteiger partial charge >= 0.3 is 8.60 Å². The summed E-state index contributed by atoms with van der Waals surface area (Å²) in [6.45, 7) is 7.41. The summed E-state index contributed by atoms with van der Waals surface area (Å²) in [5.74, 6) is 0. The van der Waals surface area contributed by atoms with Gasteiger partial charge < -0.3 is 13.9 Å². The van der Waals surface area contributed by atoms with Gasteiger partial charge in [0.15, 0.2) is 0 Å². The number of H-pyrrole nitrogens is 1. The molecular formula is C15H26N3O3P. The van der Waals surface area contributed by atoms with Crippen LogP contribution in [0.3, 0.4) is 0 Å². The SMILES string of the molecule is CCCCOP(O)OCCCC.Cc1ccc2n[nH]nc2c1. The van der Waals surface area contributed by atoms with Gasteiger partial charge in [0.2, 0.25) is 0 Å². The third-order valence-corrected chi connectivity index (χ3v) is 3.68. The van der Waals surface area contributed by atoms with Crippen molar-refractivity contribution in [3.05, 3.63) is 23.8 Å². The molecule has 0 bridgehead atoms. The van der Waals surface area contributed by atoms with Gasteiger partial charge in [0, 0.05) is 0 Å².